The smallest absolute Gasteiger partial charge is 0.307 e. The molecule has 1 rings (SSSR count). The summed E-state index contributed by atoms with van der Waals surface area (Å²) in [7, 11) is 0. The number of carbonyl (C=O) groups is 3. The lowest BCUT2D eigenvalue weighted by molar-refractivity contribution is -0.304. The summed E-state index contributed by atoms with van der Waals surface area (Å²) in [6, 6.07) is -0.261. The van der Waals surface area contributed by atoms with Gasteiger partial charge in [-0.2, -0.15) is 0 Å². The number of ether oxygens (including phenoxy) is 3. The first-order chi connectivity index (χ1) is 19.5. The van der Waals surface area contributed by atoms with Gasteiger partial charge in [0.25, 0.3) is 0 Å². The van der Waals surface area contributed by atoms with Crippen molar-refractivity contribution >= 4 is 17.8 Å². The van der Waals surface area contributed by atoms with Crippen LogP contribution >= 0.6 is 0 Å². The van der Waals surface area contributed by atoms with E-state index in [1.165, 1.54) is 57.8 Å². The highest BCUT2D eigenvalue weighted by Crippen LogP contribution is 2.34. The Morgan fingerprint density at radius 1 is 0.878 bits per heavy atom. The summed E-state index contributed by atoms with van der Waals surface area (Å²) in [5.41, 5.74) is -0.474. The molecular weight excluding hydrogens is 520 g/mol. The molecule has 1 aliphatic rings. The van der Waals surface area contributed by atoms with Crippen molar-refractivity contribution in [3.05, 3.63) is 12.2 Å². The summed E-state index contributed by atoms with van der Waals surface area (Å²) in [4.78, 5) is 36.9. The normalized spacial score (nSPS) is 18.6. The van der Waals surface area contributed by atoms with E-state index in [4.69, 9.17) is 14.2 Å². The Morgan fingerprint density at radius 3 is 2.10 bits per heavy atom. The van der Waals surface area contributed by atoms with Crippen LogP contribution in [0.1, 0.15) is 138 Å². The molecule has 0 bridgehead atoms. The lowest BCUT2D eigenvalue weighted by atomic mass is 9.85. The van der Waals surface area contributed by atoms with Gasteiger partial charge in [0.1, 0.15) is 12.7 Å². The first-order valence-corrected chi connectivity index (χ1v) is 16.2. The van der Waals surface area contributed by atoms with Crippen LogP contribution in [0, 0.1) is 5.41 Å². The maximum absolute atomic E-state index is 12.6. The average molecular weight is 581 g/mol. The molecule has 238 valence electrons. The van der Waals surface area contributed by atoms with Gasteiger partial charge >= 0.3 is 5.97 Å². The van der Waals surface area contributed by atoms with E-state index in [2.05, 4.69) is 29.7 Å². The monoisotopic (exact) mass is 580 g/mol. The second kappa shape index (κ2) is 20.9. The molecule has 41 heavy (non-hydrogen) atoms. The molecule has 1 fully saturated rings. The van der Waals surface area contributed by atoms with Gasteiger partial charge in [-0.3, -0.25) is 14.4 Å². The van der Waals surface area contributed by atoms with Gasteiger partial charge in [0.2, 0.25) is 11.8 Å². The van der Waals surface area contributed by atoms with Crippen LogP contribution in [-0.4, -0.2) is 55.5 Å². The molecular formula is C33H60N2O6. The Labute approximate surface area is 250 Å². The van der Waals surface area contributed by atoms with Crippen LogP contribution < -0.4 is 10.6 Å². The highest BCUT2D eigenvalue weighted by atomic mass is 16.7. The first kappa shape index (κ1) is 37.1. The number of unbranched alkanes of at least 4 members (excludes halogenated alkanes) is 11. The van der Waals surface area contributed by atoms with E-state index in [-0.39, 0.29) is 37.4 Å². The molecule has 1 unspecified atom stereocenters. The van der Waals surface area contributed by atoms with Crippen molar-refractivity contribution in [1.82, 2.24) is 10.6 Å². The van der Waals surface area contributed by atoms with E-state index in [9.17, 15) is 14.4 Å². The predicted molar refractivity (Wildman–Crippen MR) is 164 cm³/mol. The highest BCUT2D eigenvalue weighted by Gasteiger charge is 2.45. The van der Waals surface area contributed by atoms with Gasteiger partial charge in [-0.25, -0.2) is 0 Å². The van der Waals surface area contributed by atoms with E-state index >= 15 is 0 Å². The van der Waals surface area contributed by atoms with Crippen molar-refractivity contribution in [2.45, 2.75) is 156 Å². The van der Waals surface area contributed by atoms with Crippen molar-refractivity contribution in [2.75, 3.05) is 19.8 Å². The highest BCUT2D eigenvalue weighted by molar-refractivity contribution is 5.82. The minimum Gasteiger partial charge on any atom is -0.463 e. The zero-order valence-electron chi connectivity index (χ0n) is 27.0. The first-order valence-electron chi connectivity index (χ1n) is 16.2. The molecule has 1 aliphatic heterocycles. The number of hydrogen-bond acceptors (Lipinski definition) is 6. The summed E-state index contributed by atoms with van der Waals surface area (Å²) in [6.07, 6.45) is 20.5. The Morgan fingerprint density at radius 2 is 1.46 bits per heavy atom. The molecule has 8 heteroatoms. The van der Waals surface area contributed by atoms with Gasteiger partial charge in [-0.15, -0.1) is 0 Å². The van der Waals surface area contributed by atoms with Crippen LogP contribution in [-0.2, 0) is 28.6 Å². The molecule has 2 amide bonds. The average Bonchev–Trinajstić information content (AvgIpc) is 2.91. The Hall–Kier alpha value is -1.93. The van der Waals surface area contributed by atoms with Gasteiger partial charge in [-0.1, -0.05) is 84.3 Å². The molecule has 0 aliphatic carbocycles. The van der Waals surface area contributed by atoms with Crippen LogP contribution in [0.4, 0.5) is 0 Å². The van der Waals surface area contributed by atoms with Gasteiger partial charge in [0, 0.05) is 18.4 Å². The van der Waals surface area contributed by atoms with Crippen molar-refractivity contribution in [1.29, 1.82) is 0 Å². The van der Waals surface area contributed by atoms with Crippen molar-refractivity contribution in [2.24, 2.45) is 5.41 Å². The predicted octanol–water partition coefficient (Wildman–Crippen LogP) is 6.76. The fourth-order valence-electron chi connectivity index (χ4n) is 4.74. The van der Waals surface area contributed by atoms with Crippen LogP contribution in [0.25, 0.3) is 0 Å². The number of nitrogens with one attached hydrogen (secondary N) is 2. The zero-order valence-corrected chi connectivity index (χ0v) is 27.0. The molecule has 0 saturated carbocycles. The summed E-state index contributed by atoms with van der Waals surface area (Å²) >= 11 is 0. The van der Waals surface area contributed by atoms with E-state index in [0.29, 0.717) is 13.0 Å². The van der Waals surface area contributed by atoms with E-state index in [1.807, 2.05) is 20.8 Å². The number of amides is 2. The molecule has 0 aromatic carbocycles. The fraction of sp³-hybridized carbons (Fsp3) is 0.848. The lowest BCUT2D eigenvalue weighted by Gasteiger charge is -2.44. The topological polar surface area (TPSA) is 103 Å². The third-order valence-corrected chi connectivity index (χ3v) is 7.34. The van der Waals surface area contributed by atoms with E-state index in [0.717, 1.165) is 25.7 Å². The number of hydrogen-bond donors (Lipinski definition) is 2. The molecule has 0 aromatic rings. The number of rotatable bonds is 22. The van der Waals surface area contributed by atoms with Crippen molar-refractivity contribution in [3.63, 3.8) is 0 Å². The third-order valence-electron chi connectivity index (χ3n) is 7.34. The Kier molecular flexibility index (Phi) is 18.9. The largest absolute Gasteiger partial charge is 0.463 e. The minimum atomic E-state index is -0.832. The van der Waals surface area contributed by atoms with E-state index < -0.39 is 23.3 Å². The fourth-order valence-corrected chi connectivity index (χ4v) is 4.74. The molecule has 2 atom stereocenters. The SMILES string of the molecule is CCCCCCCC/C=C\CCCCCCCC(=O)N[C@H](C)COC(=O)CCNC(=O)C1OC(C)(C)OCC1(C)C. The van der Waals surface area contributed by atoms with Crippen LogP contribution in [0.15, 0.2) is 12.2 Å². The second-order valence-electron chi connectivity index (χ2n) is 12.7. The van der Waals surface area contributed by atoms with Crippen molar-refractivity contribution < 1.29 is 28.6 Å². The van der Waals surface area contributed by atoms with Gasteiger partial charge in [-0.05, 0) is 52.9 Å². The minimum absolute atomic E-state index is 0.0135. The summed E-state index contributed by atoms with van der Waals surface area (Å²) in [6.45, 7) is 12.1. The molecule has 8 nitrogen and oxygen atoms in total. The van der Waals surface area contributed by atoms with Crippen LogP contribution in [0.2, 0.25) is 0 Å². The van der Waals surface area contributed by atoms with Gasteiger partial charge < -0.3 is 24.8 Å². The third kappa shape index (κ3) is 18.3. The molecule has 1 heterocycles. The van der Waals surface area contributed by atoms with Gasteiger partial charge in [0.15, 0.2) is 5.79 Å². The molecule has 0 spiro atoms. The van der Waals surface area contributed by atoms with Crippen LogP contribution in [0.5, 0.6) is 0 Å². The maximum atomic E-state index is 12.6. The molecule has 2 N–H and O–H groups in total. The summed E-state index contributed by atoms with van der Waals surface area (Å²) < 4.78 is 16.7. The number of allylic oxidation sites excluding steroid dienone is 2. The van der Waals surface area contributed by atoms with Crippen molar-refractivity contribution in [3.8, 4) is 0 Å². The Balaban J connectivity index is 2.02. The standard InChI is InChI=1S/C33H60N2O6/c1-7-8-9-10-11-12-13-14-15-16-17-18-19-20-21-22-28(36)35-27(2)25-39-29(37)23-24-34-31(38)30-32(3,4)26-40-33(5,6)41-30/h14-15,27,30H,7-13,16-26H2,1-6H3,(H,34,38)(H,35,36)/b15-14-/t27-,30?/m1/s1. The van der Waals surface area contributed by atoms with E-state index in [1.54, 1.807) is 13.8 Å². The number of esters is 1. The molecule has 0 aromatic heterocycles. The lowest BCUT2D eigenvalue weighted by Crippen LogP contribution is -2.56. The van der Waals surface area contributed by atoms with Crippen LogP contribution in [0.3, 0.4) is 0 Å². The molecule has 1 saturated heterocycles. The summed E-state index contributed by atoms with van der Waals surface area (Å²) in [5, 5.41) is 5.66. The summed E-state index contributed by atoms with van der Waals surface area (Å²) in [5.74, 6) is -1.53. The second-order valence-corrected chi connectivity index (χ2v) is 12.7. The Bertz CT molecular complexity index is 780. The van der Waals surface area contributed by atoms with Gasteiger partial charge in [0.05, 0.1) is 19.1 Å². The molecule has 0 radical (unpaired) electrons. The number of carbonyl (C=O) groups excluding carboxylic acids is 3. The maximum Gasteiger partial charge on any atom is 0.307 e. The zero-order chi connectivity index (χ0) is 30.6. The quantitative estimate of drug-likeness (QED) is 0.0834.